The average Bonchev–Trinajstić information content (AvgIpc) is 2.42. The number of amides is 1. The molecule has 2 aliphatic heterocycles. The summed E-state index contributed by atoms with van der Waals surface area (Å²) in [6.07, 6.45) is 3.85. The molecule has 2 fully saturated rings. The monoisotopic (exact) mass is 283 g/mol. The Hall–Kier alpha value is -0.650. The van der Waals surface area contributed by atoms with Gasteiger partial charge in [-0.2, -0.15) is 0 Å². The second-order valence-electron chi connectivity index (χ2n) is 6.59. The number of nitrogens with zero attached hydrogens (tertiary/aromatic N) is 2. The summed E-state index contributed by atoms with van der Waals surface area (Å²) in [5.41, 5.74) is 5.52. The standard InChI is InChI=1S/C15H29N3O2/c1-11-9-17(8-6-14(11)19)12(2)10-18-7-4-3-5-13(18)15(16)20/h11-14,19H,3-10H2,1-2H3,(H2,16,20)/t11-,12+,13?,14-/m1/s1. The molecule has 2 rings (SSSR count). The van der Waals surface area contributed by atoms with Crippen LogP contribution in [0.3, 0.4) is 0 Å². The Labute approximate surface area is 122 Å². The predicted molar refractivity (Wildman–Crippen MR) is 79.2 cm³/mol. The van der Waals surface area contributed by atoms with E-state index in [1.807, 2.05) is 0 Å². The first-order chi connectivity index (χ1) is 9.49. The van der Waals surface area contributed by atoms with Crippen molar-refractivity contribution in [2.75, 3.05) is 26.2 Å². The van der Waals surface area contributed by atoms with Gasteiger partial charge in [0.25, 0.3) is 0 Å². The van der Waals surface area contributed by atoms with E-state index >= 15 is 0 Å². The number of likely N-dealkylation sites (tertiary alicyclic amines) is 2. The largest absolute Gasteiger partial charge is 0.393 e. The van der Waals surface area contributed by atoms with Crippen LogP contribution in [-0.4, -0.2) is 65.2 Å². The summed E-state index contributed by atoms with van der Waals surface area (Å²) in [7, 11) is 0. The number of aliphatic hydroxyl groups is 1. The lowest BCUT2D eigenvalue weighted by molar-refractivity contribution is -0.124. The number of carbonyl (C=O) groups excluding carboxylic acids is 1. The van der Waals surface area contributed by atoms with Crippen LogP contribution in [0.4, 0.5) is 0 Å². The van der Waals surface area contributed by atoms with E-state index in [0.717, 1.165) is 51.9 Å². The molecule has 3 N–H and O–H groups in total. The van der Waals surface area contributed by atoms with Crippen LogP contribution in [0.25, 0.3) is 0 Å². The minimum atomic E-state index is -0.181. The molecule has 2 saturated heterocycles. The van der Waals surface area contributed by atoms with Gasteiger partial charge in [0.05, 0.1) is 12.1 Å². The van der Waals surface area contributed by atoms with Gasteiger partial charge < -0.3 is 10.8 Å². The molecule has 0 spiro atoms. The van der Waals surface area contributed by atoms with Crippen LogP contribution in [0.15, 0.2) is 0 Å². The fourth-order valence-corrected chi connectivity index (χ4v) is 3.55. The van der Waals surface area contributed by atoms with Crippen molar-refractivity contribution in [3.63, 3.8) is 0 Å². The molecule has 5 heteroatoms. The Kier molecular flexibility index (Phi) is 5.41. The highest BCUT2D eigenvalue weighted by molar-refractivity contribution is 5.79. The Morgan fingerprint density at radius 1 is 1.35 bits per heavy atom. The van der Waals surface area contributed by atoms with E-state index in [1.54, 1.807) is 0 Å². The minimum absolute atomic E-state index is 0.0843. The summed E-state index contributed by atoms with van der Waals surface area (Å²) < 4.78 is 0. The molecule has 4 atom stereocenters. The Bertz CT molecular complexity index is 337. The quantitative estimate of drug-likeness (QED) is 0.784. The maximum Gasteiger partial charge on any atom is 0.234 e. The Morgan fingerprint density at radius 2 is 2.10 bits per heavy atom. The molecule has 0 radical (unpaired) electrons. The van der Waals surface area contributed by atoms with Crippen molar-refractivity contribution in [3.8, 4) is 0 Å². The van der Waals surface area contributed by atoms with Gasteiger partial charge in [-0.25, -0.2) is 0 Å². The van der Waals surface area contributed by atoms with Gasteiger partial charge in [-0.15, -0.1) is 0 Å². The molecule has 116 valence electrons. The molecular formula is C15H29N3O2. The van der Waals surface area contributed by atoms with Crippen LogP contribution in [0, 0.1) is 5.92 Å². The molecular weight excluding hydrogens is 254 g/mol. The van der Waals surface area contributed by atoms with E-state index in [1.165, 1.54) is 0 Å². The van der Waals surface area contributed by atoms with Gasteiger partial charge in [0.15, 0.2) is 0 Å². The summed E-state index contributed by atoms with van der Waals surface area (Å²) in [6, 6.07) is 0.323. The third kappa shape index (κ3) is 3.71. The number of nitrogens with two attached hydrogens (primary N) is 1. The van der Waals surface area contributed by atoms with Crippen LogP contribution >= 0.6 is 0 Å². The first-order valence-electron chi connectivity index (χ1n) is 7.94. The zero-order valence-corrected chi connectivity index (χ0v) is 12.8. The molecule has 0 aromatic carbocycles. The van der Waals surface area contributed by atoms with Gasteiger partial charge in [0, 0.05) is 25.7 Å². The lowest BCUT2D eigenvalue weighted by Crippen LogP contribution is -2.54. The zero-order valence-electron chi connectivity index (χ0n) is 12.8. The van der Waals surface area contributed by atoms with E-state index in [-0.39, 0.29) is 18.1 Å². The van der Waals surface area contributed by atoms with Crippen LogP contribution in [0.2, 0.25) is 0 Å². The molecule has 0 bridgehead atoms. The first-order valence-corrected chi connectivity index (χ1v) is 7.94. The molecule has 0 aromatic rings. The number of rotatable bonds is 4. The zero-order chi connectivity index (χ0) is 14.7. The average molecular weight is 283 g/mol. The third-order valence-corrected chi connectivity index (χ3v) is 4.96. The van der Waals surface area contributed by atoms with Crippen molar-refractivity contribution < 1.29 is 9.90 Å². The highest BCUT2D eigenvalue weighted by atomic mass is 16.3. The number of hydrogen-bond donors (Lipinski definition) is 2. The number of carbonyl (C=O) groups is 1. The fraction of sp³-hybridized carbons (Fsp3) is 0.933. The molecule has 1 unspecified atom stereocenters. The highest BCUT2D eigenvalue weighted by Crippen LogP contribution is 2.21. The second kappa shape index (κ2) is 6.87. The number of primary amides is 1. The van der Waals surface area contributed by atoms with Gasteiger partial charge in [-0.3, -0.25) is 14.6 Å². The van der Waals surface area contributed by atoms with E-state index < -0.39 is 0 Å². The molecule has 0 saturated carbocycles. The van der Waals surface area contributed by atoms with Crippen molar-refractivity contribution in [3.05, 3.63) is 0 Å². The normalized spacial score (nSPS) is 34.9. The molecule has 0 aromatic heterocycles. The molecule has 5 nitrogen and oxygen atoms in total. The van der Waals surface area contributed by atoms with Gasteiger partial charge in [0.1, 0.15) is 0 Å². The second-order valence-corrected chi connectivity index (χ2v) is 6.59. The van der Waals surface area contributed by atoms with Crippen LogP contribution in [0.5, 0.6) is 0 Å². The molecule has 2 aliphatic rings. The molecule has 0 aliphatic carbocycles. The van der Waals surface area contributed by atoms with Crippen molar-refractivity contribution in [2.45, 2.75) is 57.7 Å². The van der Waals surface area contributed by atoms with Gasteiger partial charge in [-0.1, -0.05) is 13.3 Å². The summed E-state index contributed by atoms with van der Waals surface area (Å²) in [5.74, 6) is 0.152. The number of hydrogen-bond acceptors (Lipinski definition) is 4. The van der Waals surface area contributed by atoms with Crippen molar-refractivity contribution >= 4 is 5.91 Å². The third-order valence-electron chi connectivity index (χ3n) is 4.96. The summed E-state index contributed by atoms with van der Waals surface area (Å²) >= 11 is 0. The fourth-order valence-electron chi connectivity index (χ4n) is 3.55. The molecule has 2 heterocycles. The lowest BCUT2D eigenvalue weighted by atomic mass is 9.95. The van der Waals surface area contributed by atoms with Gasteiger partial charge in [0.2, 0.25) is 5.91 Å². The van der Waals surface area contributed by atoms with E-state index in [2.05, 4.69) is 23.6 Å². The van der Waals surface area contributed by atoms with Crippen molar-refractivity contribution in [1.29, 1.82) is 0 Å². The Morgan fingerprint density at radius 3 is 2.75 bits per heavy atom. The summed E-state index contributed by atoms with van der Waals surface area (Å²) in [4.78, 5) is 16.2. The minimum Gasteiger partial charge on any atom is -0.393 e. The van der Waals surface area contributed by atoms with E-state index in [9.17, 15) is 9.90 Å². The maximum atomic E-state index is 11.6. The van der Waals surface area contributed by atoms with Crippen LogP contribution in [-0.2, 0) is 4.79 Å². The van der Waals surface area contributed by atoms with Crippen molar-refractivity contribution in [1.82, 2.24) is 9.80 Å². The van der Waals surface area contributed by atoms with Crippen molar-refractivity contribution in [2.24, 2.45) is 11.7 Å². The van der Waals surface area contributed by atoms with Crippen LogP contribution in [0.1, 0.15) is 39.5 Å². The predicted octanol–water partition coefficient (Wildman–Crippen LogP) is 0.417. The van der Waals surface area contributed by atoms with E-state index in [4.69, 9.17) is 5.73 Å². The number of piperidine rings is 2. The topological polar surface area (TPSA) is 69.8 Å². The lowest BCUT2D eigenvalue weighted by Gasteiger charge is -2.42. The highest BCUT2D eigenvalue weighted by Gasteiger charge is 2.31. The van der Waals surface area contributed by atoms with Gasteiger partial charge in [-0.05, 0) is 38.6 Å². The molecule has 20 heavy (non-hydrogen) atoms. The van der Waals surface area contributed by atoms with E-state index in [0.29, 0.717) is 12.0 Å². The summed E-state index contributed by atoms with van der Waals surface area (Å²) in [6.45, 7) is 8.09. The summed E-state index contributed by atoms with van der Waals surface area (Å²) in [5, 5.41) is 9.82. The maximum absolute atomic E-state index is 11.6. The number of aliphatic hydroxyl groups excluding tert-OH is 1. The molecule has 1 amide bonds. The first kappa shape index (κ1) is 15.7. The smallest absolute Gasteiger partial charge is 0.234 e. The SMILES string of the molecule is C[C@@H]1CN([C@@H](C)CN2CCCCC2C(N)=O)CC[C@H]1O. The van der Waals surface area contributed by atoms with Crippen LogP contribution < -0.4 is 5.73 Å². The van der Waals surface area contributed by atoms with Gasteiger partial charge >= 0.3 is 0 Å². The Balaban J connectivity index is 1.89.